The maximum absolute atomic E-state index is 4.23. The molecule has 0 spiro atoms. The van der Waals surface area contributed by atoms with E-state index in [0.29, 0.717) is 0 Å². The van der Waals surface area contributed by atoms with Crippen molar-refractivity contribution in [3.8, 4) is 0 Å². The van der Waals surface area contributed by atoms with Gasteiger partial charge in [-0.3, -0.25) is 0 Å². The molecule has 1 aromatic rings. The molecule has 0 amide bonds. The van der Waals surface area contributed by atoms with Gasteiger partial charge in [0.05, 0.1) is 4.47 Å². The molecule has 0 N–H and O–H groups in total. The Balaban J connectivity index is 2.28. The summed E-state index contributed by atoms with van der Waals surface area (Å²) < 4.78 is 0.935. The Morgan fingerprint density at radius 2 is 2.00 bits per heavy atom. The molecule has 0 saturated heterocycles. The second-order valence-corrected chi connectivity index (χ2v) is 3.76. The van der Waals surface area contributed by atoms with E-state index in [4.69, 9.17) is 0 Å². The molecule has 12 heavy (non-hydrogen) atoms. The lowest BCUT2D eigenvalue weighted by Crippen LogP contribution is -1.90. The van der Waals surface area contributed by atoms with E-state index in [1.54, 1.807) is 12.4 Å². The van der Waals surface area contributed by atoms with Crippen molar-refractivity contribution in [2.75, 3.05) is 0 Å². The topological polar surface area (TPSA) is 25.8 Å². The fourth-order valence-corrected chi connectivity index (χ4v) is 1.56. The van der Waals surface area contributed by atoms with Crippen molar-refractivity contribution in [1.82, 2.24) is 9.97 Å². The number of halogens is 1. The van der Waals surface area contributed by atoms with E-state index in [2.05, 4.69) is 32.0 Å². The van der Waals surface area contributed by atoms with Crippen LogP contribution >= 0.6 is 15.9 Å². The van der Waals surface area contributed by atoms with Gasteiger partial charge in [0.2, 0.25) is 0 Å². The van der Waals surface area contributed by atoms with Crippen molar-refractivity contribution in [3.05, 3.63) is 28.8 Å². The molecule has 0 bridgehead atoms. The second-order valence-electron chi connectivity index (χ2n) is 2.85. The highest BCUT2D eigenvalue weighted by molar-refractivity contribution is 9.10. The number of rotatable bonds is 1. The van der Waals surface area contributed by atoms with Crippen LogP contribution in [-0.2, 0) is 0 Å². The van der Waals surface area contributed by atoms with E-state index in [9.17, 15) is 0 Å². The van der Waals surface area contributed by atoms with Crippen molar-refractivity contribution in [2.45, 2.75) is 19.3 Å². The van der Waals surface area contributed by atoms with Gasteiger partial charge in [0.1, 0.15) is 0 Å². The van der Waals surface area contributed by atoms with Crippen LogP contribution < -0.4 is 0 Å². The first-order valence-electron chi connectivity index (χ1n) is 4.03. The lowest BCUT2D eigenvalue weighted by Gasteiger charge is -1.98. The highest BCUT2D eigenvalue weighted by Crippen LogP contribution is 2.24. The Morgan fingerprint density at radius 1 is 1.25 bits per heavy atom. The molecule has 1 aliphatic carbocycles. The van der Waals surface area contributed by atoms with Crippen molar-refractivity contribution in [3.63, 3.8) is 0 Å². The average molecular weight is 225 g/mol. The summed E-state index contributed by atoms with van der Waals surface area (Å²) in [5, 5.41) is 0. The van der Waals surface area contributed by atoms with Gasteiger partial charge < -0.3 is 0 Å². The minimum Gasteiger partial charge on any atom is -0.236 e. The predicted molar refractivity (Wildman–Crippen MR) is 51.6 cm³/mol. The quantitative estimate of drug-likeness (QED) is 0.734. The third kappa shape index (κ3) is 1.55. The van der Waals surface area contributed by atoms with Crippen LogP contribution in [0.3, 0.4) is 0 Å². The predicted octanol–water partition coefficient (Wildman–Crippen LogP) is 2.81. The molecular weight excluding hydrogens is 216 g/mol. The number of hydrogen-bond donors (Lipinski definition) is 0. The zero-order valence-electron chi connectivity index (χ0n) is 6.63. The number of hydrogen-bond acceptors (Lipinski definition) is 2. The maximum atomic E-state index is 4.23. The monoisotopic (exact) mass is 224 g/mol. The Labute approximate surface area is 79.9 Å². The third-order valence-corrected chi connectivity index (χ3v) is 2.36. The molecule has 0 aliphatic heterocycles. The molecule has 0 fully saturated rings. The zero-order valence-corrected chi connectivity index (χ0v) is 8.21. The molecule has 2 rings (SSSR count). The Kier molecular flexibility index (Phi) is 2.21. The Hall–Kier alpha value is -0.700. The molecule has 0 atom stereocenters. The lowest BCUT2D eigenvalue weighted by atomic mass is 10.2. The van der Waals surface area contributed by atoms with Crippen molar-refractivity contribution in [2.24, 2.45) is 0 Å². The first-order chi connectivity index (χ1) is 5.86. The summed E-state index contributed by atoms with van der Waals surface area (Å²) in [5.41, 5.74) is 1.29. The summed E-state index contributed by atoms with van der Waals surface area (Å²) in [6.07, 6.45) is 9.36. The summed E-state index contributed by atoms with van der Waals surface area (Å²) in [6.45, 7) is 0. The fourth-order valence-electron chi connectivity index (χ4n) is 1.35. The van der Waals surface area contributed by atoms with Crippen LogP contribution in [0.5, 0.6) is 0 Å². The van der Waals surface area contributed by atoms with Gasteiger partial charge in [0, 0.05) is 12.4 Å². The van der Waals surface area contributed by atoms with Gasteiger partial charge in [-0.2, -0.15) is 0 Å². The van der Waals surface area contributed by atoms with Gasteiger partial charge in [-0.15, -0.1) is 0 Å². The highest BCUT2D eigenvalue weighted by Gasteiger charge is 2.08. The molecule has 0 saturated carbocycles. The van der Waals surface area contributed by atoms with E-state index in [1.807, 2.05) is 0 Å². The maximum Gasteiger partial charge on any atom is 0.154 e. The first-order valence-corrected chi connectivity index (χ1v) is 4.82. The largest absolute Gasteiger partial charge is 0.236 e. The smallest absolute Gasteiger partial charge is 0.154 e. The Morgan fingerprint density at radius 3 is 2.58 bits per heavy atom. The Bertz CT molecular complexity index is 303. The van der Waals surface area contributed by atoms with Crippen LogP contribution in [0.2, 0.25) is 0 Å². The van der Waals surface area contributed by atoms with E-state index in [-0.39, 0.29) is 0 Å². The molecule has 62 valence electrons. The van der Waals surface area contributed by atoms with Gasteiger partial charge in [-0.05, 0) is 40.8 Å². The van der Waals surface area contributed by atoms with Crippen LogP contribution in [0.1, 0.15) is 25.1 Å². The molecule has 1 aliphatic rings. The first kappa shape index (κ1) is 7.92. The van der Waals surface area contributed by atoms with Crippen molar-refractivity contribution in [1.29, 1.82) is 0 Å². The third-order valence-electron chi connectivity index (χ3n) is 1.95. The van der Waals surface area contributed by atoms with Crippen molar-refractivity contribution < 1.29 is 0 Å². The molecule has 0 aromatic carbocycles. The lowest BCUT2D eigenvalue weighted by molar-refractivity contribution is 0.927. The summed E-state index contributed by atoms with van der Waals surface area (Å²) in [7, 11) is 0. The fraction of sp³-hybridized carbons (Fsp3) is 0.333. The van der Waals surface area contributed by atoms with Crippen LogP contribution in [0, 0.1) is 0 Å². The van der Waals surface area contributed by atoms with Crippen LogP contribution in [0.15, 0.2) is 22.9 Å². The van der Waals surface area contributed by atoms with Gasteiger partial charge in [0.25, 0.3) is 0 Å². The van der Waals surface area contributed by atoms with E-state index in [0.717, 1.165) is 16.7 Å². The summed E-state index contributed by atoms with van der Waals surface area (Å²) in [5.74, 6) is 0.885. The molecular formula is C9H9BrN2. The van der Waals surface area contributed by atoms with Gasteiger partial charge in [0.15, 0.2) is 5.82 Å². The zero-order chi connectivity index (χ0) is 8.39. The van der Waals surface area contributed by atoms with Crippen LogP contribution in [0.4, 0.5) is 0 Å². The number of allylic oxidation sites excluding steroid dienone is 2. The molecule has 1 aromatic heterocycles. The average Bonchev–Trinajstić information content (AvgIpc) is 2.58. The minimum atomic E-state index is 0.885. The van der Waals surface area contributed by atoms with E-state index >= 15 is 0 Å². The van der Waals surface area contributed by atoms with E-state index in [1.165, 1.54) is 18.4 Å². The normalized spacial score (nSPS) is 16.2. The summed E-state index contributed by atoms with van der Waals surface area (Å²) >= 11 is 3.31. The van der Waals surface area contributed by atoms with Crippen LogP contribution in [0.25, 0.3) is 5.57 Å². The molecule has 0 radical (unpaired) electrons. The van der Waals surface area contributed by atoms with Crippen molar-refractivity contribution >= 4 is 21.5 Å². The van der Waals surface area contributed by atoms with Gasteiger partial charge in [-0.25, -0.2) is 9.97 Å². The molecule has 1 heterocycles. The second kappa shape index (κ2) is 3.35. The molecule has 2 nitrogen and oxygen atoms in total. The highest BCUT2D eigenvalue weighted by atomic mass is 79.9. The summed E-state index contributed by atoms with van der Waals surface area (Å²) in [4.78, 5) is 8.47. The molecule has 3 heteroatoms. The van der Waals surface area contributed by atoms with Gasteiger partial charge in [-0.1, -0.05) is 6.08 Å². The standard InChI is InChI=1S/C9H9BrN2/c10-8-5-11-9(12-6-8)7-3-1-2-4-7/h3,5-6H,1-2,4H2. The van der Waals surface area contributed by atoms with Gasteiger partial charge >= 0.3 is 0 Å². The minimum absolute atomic E-state index is 0.885. The molecule has 0 unspecified atom stereocenters. The van der Waals surface area contributed by atoms with Crippen LogP contribution in [-0.4, -0.2) is 9.97 Å². The SMILES string of the molecule is Brc1cnc(C2=CCCC2)nc1. The number of nitrogens with zero attached hydrogens (tertiary/aromatic N) is 2. The number of aromatic nitrogens is 2. The summed E-state index contributed by atoms with van der Waals surface area (Å²) in [6, 6.07) is 0. The van der Waals surface area contributed by atoms with E-state index < -0.39 is 0 Å².